The average Bonchev–Trinajstić information content (AvgIpc) is 3.50. The minimum atomic E-state index is 0.702. The van der Waals surface area contributed by atoms with Crippen molar-refractivity contribution in [3.63, 3.8) is 0 Å². The second-order valence-electron chi connectivity index (χ2n) is 9.00. The Balaban J connectivity index is 1.38. The summed E-state index contributed by atoms with van der Waals surface area (Å²) in [5.41, 5.74) is 4.02. The number of aromatic amines is 1. The average molecular weight is 447 g/mol. The number of fused-ring (bicyclic) bond motifs is 2. The molecule has 0 saturated carbocycles. The molecule has 6 rings (SSSR count). The molecule has 2 aliphatic heterocycles. The lowest BCUT2D eigenvalue weighted by atomic mass is 10.1. The number of benzene rings is 1. The molecule has 5 heterocycles. The van der Waals surface area contributed by atoms with Gasteiger partial charge in [-0.2, -0.15) is 10.1 Å². The number of piperazine rings is 1. The van der Waals surface area contributed by atoms with Gasteiger partial charge < -0.3 is 19.5 Å². The van der Waals surface area contributed by atoms with Crippen LogP contribution in [0.25, 0.3) is 33.2 Å². The summed E-state index contributed by atoms with van der Waals surface area (Å²) in [5, 5.41) is 6.94. The number of rotatable bonds is 5. The maximum Gasteiger partial charge on any atom is 0.228 e. The molecule has 0 amide bonds. The molecule has 0 bridgehead atoms. The minimum Gasteiger partial charge on any atom is -0.378 e. The summed E-state index contributed by atoms with van der Waals surface area (Å²) < 4.78 is 7.61. The molecule has 0 spiro atoms. The molecule has 33 heavy (non-hydrogen) atoms. The van der Waals surface area contributed by atoms with Crippen molar-refractivity contribution < 1.29 is 4.74 Å². The molecule has 0 aliphatic carbocycles. The molecule has 1 aromatic carbocycles. The molecule has 9 nitrogen and oxygen atoms in total. The fourth-order valence-electron chi connectivity index (χ4n) is 4.74. The van der Waals surface area contributed by atoms with Gasteiger partial charge in [0, 0.05) is 63.1 Å². The standard InChI is InChI=1S/C24H30N8O/c1-29-6-8-30(9-7-29)10-11-32-23-20(17-26-32)22(19-3-2-18-4-5-25-21(18)16-19)27-24(28-23)31-12-14-33-15-13-31/h2-5,16-17,25H,6-15H2,1H3. The first kappa shape index (κ1) is 20.6. The fraction of sp³-hybridized carbons (Fsp3) is 0.458. The molecule has 2 saturated heterocycles. The number of morpholine rings is 1. The van der Waals surface area contributed by atoms with Crippen molar-refractivity contribution in [2.75, 3.05) is 71.0 Å². The predicted octanol–water partition coefficient (Wildman–Crippen LogP) is 2.06. The summed E-state index contributed by atoms with van der Waals surface area (Å²) in [6.07, 6.45) is 3.90. The van der Waals surface area contributed by atoms with E-state index in [1.165, 1.54) is 5.39 Å². The highest BCUT2D eigenvalue weighted by molar-refractivity contribution is 5.94. The van der Waals surface area contributed by atoms with Crippen LogP contribution in [0.3, 0.4) is 0 Å². The SMILES string of the molecule is CN1CCN(CCn2ncc3c(-c4ccc5cc[nH]c5c4)nc(N4CCOCC4)nc32)CC1. The first-order valence-corrected chi connectivity index (χ1v) is 11.8. The van der Waals surface area contributed by atoms with Crippen LogP contribution in [0.2, 0.25) is 0 Å². The first-order chi connectivity index (χ1) is 16.2. The third-order valence-corrected chi connectivity index (χ3v) is 6.83. The predicted molar refractivity (Wildman–Crippen MR) is 130 cm³/mol. The summed E-state index contributed by atoms with van der Waals surface area (Å²) in [6.45, 7) is 9.25. The third-order valence-electron chi connectivity index (χ3n) is 6.83. The number of anilines is 1. The van der Waals surface area contributed by atoms with Crippen LogP contribution in [0.4, 0.5) is 5.95 Å². The summed E-state index contributed by atoms with van der Waals surface area (Å²) >= 11 is 0. The van der Waals surface area contributed by atoms with E-state index in [4.69, 9.17) is 19.8 Å². The summed E-state index contributed by atoms with van der Waals surface area (Å²) in [6, 6.07) is 8.54. The Bertz CT molecular complexity index is 1250. The topological polar surface area (TPSA) is 78.3 Å². The highest BCUT2D eigenvalue weighted by atomic mass is 16.5. The lowest BCUT2D eigenvalue weighted by Gasteiger charge is -2.32. The Morgan fingerprint density at radius 3 is 2.67 bits per heavy atom. The number of ether oxygens (including phenoxy) is 1. The number of hydrogen-bond acceptors (Lipinski definition) is 7. The van der Waals surface area contributed by atoms with Gasteiger partial charge in [-0.25, -0.2) is 9.67 Å². The molecule has 2 aliphatic rings. The van der Waals surface area contributed by atoms with Gasteiger partial charge in [0.2, 0.25) is 5.95 Å². The number of nitrogens with zero attached hydrogens (tertiary/aromatic N) is 7. The number of likely N-dealkylation sites (N-methyl/N-ethyl adjacent to an activating group) is 1. The quantitative estimate of drug-likeness (QED) is 0.503. The Hall–Kier alpha value is -3.01. The lowest BCUT2D eigenvalue weighted by Crippen LogP contribution is -2.45. The first-order valence-electron chi connectivity index (χ1n) is 11.8. The van der Waals surface area contributed by atoms with E-state index in [1.54, 1.807) is 0 Å². The Morgan fingerprint density at radius 1 is 0.970 bits per heavy atom. The zero-order chi connectivity index (χ0) is 22.2. The van der Waals surface area contributed by atoms with Crippen molar-refractivity contribution in [1.82, 2.24) is 34.5 Å². The second-order valence-corrected chi connectivity index (χ2v) is 9.00. The summed E-state index contributed by atoms with van der Waals surface area (Å²) in [5.74, 6) is 0.758. The van der Waals surface area contributed by atoms with E-state index < -0.39 is 0 Å². The molecular weight excluding hydrogens is 416 g/mol. The van der Waals surface area contributed by atoms with Crippen LogP contribution in [0, 0.1) is 0 Å². The Kier molecular flexibility index (Phi) is 5.45. The van der Waals surface area contributed by atoms with Gasteiger partial charge >= 0.3 is 0 Å². The fourth-order valence-corrected chi connectivity index (χ4v) is 4.74. The van der Waals surface area contributed by atoms with Crippen LogP contribution in [0.1, 0.15) is 0 Å². The number of nitrogens with one attached hydrogen (secondary N) is 1. The lowest BCUT2D eigenvalue weighted by molar-refractivity contribution is 0.122. The zero-order valence-electron chi connectivity index (χ0n) is 19.1. The second kappa shape index (κ2) is 8.74. The van der Waals surface area contributed by atoms with Crippen molar-refractivity contribution >= 4 is 27.9 Å². The molecule has 1 N–H and O–H groups in total. The van der Waals surface area contributed by atoms with Gasteiger partial charge in [0.15, 0.2) is 5.65 Å². The van der Waals surface area contributed by atoms with Gasteiger partial charge in [-0.15, -0.1) is 0 Å². The maximum absolute atomic E-state index is 5.56. The highest BCUT2D eigenvalue weighted by Gasteiger charge is 2.21. The van der Waals surface area contributed by atoms with E-state index in [1.807, 2.05) is 12.4 Å². The van der Waals surface area contributed by atoms with Crippen LogP contribution >= 0.6 is 0 Å². The van der Waals surface area contributed by atoms with E-state index in [0.717, 1.165) is 86.1 Å². The highest BCUT2D eigenvalue weighted by Crippen LogP contribution is 2.30. The Morgan fingerprint density at radius 2 is 1.82 bits per heavy atom. The van der Waals surface area contributed by atoms with Crippen molar-refractivity contribution in [1.29, 1.82) is 0 Å². The van der Waals surface area contributed by atoms with Crippen molar-refractivity contribution in [3.8, 4) is 11.3 Å². The third kappa shape index (κ3) is 4.07. The molecule has 0 radical (unpaired) electrons. The van der Waals surface area contributed by atoms with E-state index in [2.05, 4.69) is 55.7 Å². The minimum absolute atomic E-state index is 0.702. The van der Waals surface area contributed by atoms with E-state index in [0.29, 0.717) is 13.2 Å². The maximum atomic E-state index is 5.56. The molecule has 0 unspecified atom stereocenters. The van der Waals surface area contributed by atoms with Crippen molar-refractivity contribution in [2.45, 2.75) is 6.54 Å². The number of H-pyrrole nitrogens is 1. The zero-order valence-corrected chi connectivity index (χ0v) is 19.1. The molecule has 3 aromatic heterocycles. The van der Waals surface area contributed by atoms with Gasteiger partial charge in [0.25, 0.3) is 0 Å². The molecule has 172 valence electrons. The Labute approximate surface area is 193 Å². The van der Waals surface area contributed by atoms with E-state index >= 15 is 0 Å². The largest absolute Gasteiger partial charge is 0.378 e. The molecule has 4 aromatic rings. The van der Waals surface area contributed by atoms with Crippen LogP contribution in [-0.4, -0.2) is 101 Å². The van der Waals surface area contributed by atoms with E-state index in [9.17, 15) is 0 Å². The number of hydrogen-bond donors (Lipinski definition) is 1. The van der Waals surface area contributed by atoms with Gasteiger partial charge in [-0.1, -0.05) is 12.1 Å². The molecule has 2 fully saturated rings. The monoisotopic (exact) mass is 446 g/mol. The van der Waals surface area contributed by atoms with Crippen molar-refractivity contribution in [3.05, 3.63) is 36.7 Å². The van der Waals surface area contributed by atoms with Crippen LogP contribution in [-0.2, 0) is 11.3 Å². The molecular formula is C24H30N8O. The normalized spacial score (nSPS) is 18.5. The molecule has 9 heteroatoms. The van der Waals surface area contributed by atoms with Crippen molar-refractivity contribution in [2.24, 2.45) is 0 Å². The summed E-state index contributed by atoms with van der Waals surface area (Å²) in [7, 11) is 2.19. The van der Waals surface area contributed by atoms with Gasteiger partial charge in [-0.05, 0) is 24.6 Å². The van der Waals surface area contributed by atoms with Gasteiger partial charge in [0.1, 0.15) is 0 Å². The van der Waals surface area contributed by atoms with Crippen LogP contribution in [0.5, 0.6) is 0 Å². The van der Waals surface area contributed by atoms with E-state index in [-0.39, 0.29) is 0 Å². The van der Waals surface area contributed by atoms with Crippen LogP contribution in [0.15, 0.2) is 36.7 Å². The smallest absolute Gasteiger partial charge is 0.228 e. The number of aromatic nitrogens is 5. The molecule has 0 atom stereocenters. The van der Waals surface area contributed by atoms with Gasteiger partial charge in [-0.3, -0.25) is 4.90 Å². The summed E-state index contributed by atoms with van der Waals surface area (Å²) in [4.78, 5) is 20.5. The van der Waals surface area contributed by atoms with Gasteiger partial charge in [0.05, 0.1) is 37.0 Å². The van der Waals surface area contributed by atoms with Crippen LogP contribution < -0.4 is 4.90 Å².